The molecule has 2 aromatic heterocycles. The number of likely N-dealkylation sites (N-methyl/N-ethyl adjacent to an activating group) is 1. The highest BCUT2D eigenvalue weighted by atomic mass is 16.6. The van der Waals surface area contributed by atoms with Gasteiger partial charge < -0.3 is 39.4 Å². The van der Waals surface area contributed by atoms with Crippen molar-refractivity contribution in [3.8, 4) is 23.1 Å². The summed E-state index contributed by atoms with van der Waals surface area (Å²) in [7, 11) is 9.85. The Hall–Kier alpha value is -3.83. The molecule has 5 rings (SSSR count). The van der Waals surface area contributed by atoms with E-state index in [1.54, 1.807) is 25.6 Å². The number of benzene rings is 1. The second-order valence-corrected chi connectivity index (χ2v) is 10.1. The van der Waals surface area contributed by atoms with Crippen LogP contribution >= 0.6 is 0 Å². The van der Waals surface area contributed by atoms with Gasteiger partial charge in [0.25, 0.3) is 5.88 Å². The third kappa shape index (κ3) is 6.17. The molecule has 2 aliphatic rings. The molecule has 202 valence electrons. The predicted molar refractivity (Wildman–Crippen MR) is 145 cm³/mol. The molecule has 1 saturated carbocycles. The van der Waals surface area contributed by atoms with E-state index >= 15 is 0 Å². The highest BCUT2D eigenvalue weighted by Gasteiger charge is 2.32. The number of pyridine rings is 1. The summed E-state index contributed by atoms with van der Waals surface area (Å²) in [6.45, 7) is 1.23. The average molecular weight is 522 g/mol. The van der Waals surface area contributed by atoms with Gasteiger partial charge in [-0.05, 0) is 59.2 Å². The highest BCUT2D eigenvalue weighted by Crippen LogP contribution is 2.36. The maximum absolute atomic E-state index is 6.16. The largest absolute Gasteiger partial charge is 0.493 e. The minimum atomic E-state index is -0.0538. The molecule has 11 nitrogen and oxygen atoms in total. The first-order valence-electron chi connectivity index (χ1n) is 12.7. The maximum Gasteiger partial charge on any atom is 0.257 e. The smallest absolute Gasteiger partial charge is 0.257 e. The summed E-state index contributed by atoms with van der Waals surface area (Å²) in [5.74, 6) is 3.54. The van der Waals surface area contributed by atoms with Crippen molar-refractivity contribution >= 4 is 23.1 Å². The number of aromatic nitrogens is 3. The van der Waals surface area contributed by atoms with E-state index in [1.807, 2.05) is 38.4 Å². The molecule has 1 atom stereocenters. The molecule has 1 aliphatic heterocycles. The number of nitrogens with one attached hydrogen (secondary N) is 2. The molecule has 1 fully saturated rings. The molecule has 3 heterocycles. The van der Waals surface area contributed by atoms with Gasteiger partial charge in [-0.3, -0.25) is 0 Å². The summed E-state index contributed by atoms with van der Waals surface area (Å²) in [4.78, 5) is 17.6. The molecule has 0 spiro atoms. The molecule has 0 saturated heterocycles. The van der Waals surface area contributed by atoms with Crippen LogP contribution in [0.25, 0.3) is 0 Å². The van der Waals surface area contributed by atoms with Gasteiger partial charge in [-0.2, -0.15) is 4.98 Å². The van der Waals surface area contributed by atoms with Crippen LogP contribution < -0.4 is 29.6 Å². The Morgan fingerprint density at radius 2 is 1.84 bits per heavy atom. The molecular formula is C27H35N7O4. The number of rotatable bonds is 10. The Morgan fingerprint density at radius 3 is 2.61 bits per heavy atom. The van der Waals surface area contributed by atoms with Gasteiger partial charge in [-0.25, -0.2) is 9.97 Å². The molecule has 2 N–H and O–H groups in total. The number of hydrogen-bond donors (Lipinski definition) is 2. The van der Waals surface area contributed by atoms with Gasteiger partial charge >= 0.3 is 0 Å². The second-order valence-electron chi connectivity index (χ2n) is 10.1. The Kier molecular flexibility index (Phi) is 7.66. The lowest BCUT2D eigenvalue weighted by molar-refractivity contribution is 0.0383. The Balaban J connectivity index is 1.22. The van der Waals surface area contributed by atoms with Crippen molar-refractivity contribution < 1.29 is 18.9 Å². The van der Waals surface area contributed by atoms with Gasteiger partial charge in [0.1, 0.15) is 24.6 Å². The van der Waals surface area contributed by atoms with Gasteiger partial charge in [0.15, 0.2) is 17.2 Å². The number of fused-ring (bicyclic) bond motifs is 1. The van der Waals surface area contributed by atoms with Crippen LogP contribution in [-0.4, -0.2) is 91.5 Å². The van der Waals surface area contributed by atoms with Gasteiger partial charge in [-0.1, -0.05) is 0 Å². The maximum atomic E-state index is 6.16. The fourth-order valence-corrected chi connectivity index (χ4v) is 4.42. The first kappa shape index (κ1) is 25.8. The molecule has 11 heteroatoms. The van der Waals surface area contributed by atoms with E-state index in [0.717, 1.165) is 36.5 Å². The Bertz CT molecular complexity index is 1250. The molecule has 1 unspecified atom stereocenters. The average Bonchev–Trinajstić information content (AvgIpc) is 2.86. The Morgan fingerprint density at radius 1 is 1.00 bits per heavy atom. The van der Waals surface area contributed by atoms with Crippen molar-refractivity contribution in [3.05, 3.63) is 42.7 Å². The van der Waals surface area contributed by atoms with Crippen LogP contribution in [0.15, 0.2) is 42.7 Å². The minimum Gasteiger partial charge on any atom is -0.493 e. The summed E-state index contributed by atoms with van der Waals surface area (Å²) in [6.07, 6.45) is 5.55. The first-order chi connectivity index (χ1) is 18.4. The third-order valence-electron chi connectivity index (χ3n) is 6.53. The lowest BCUT2D eigenvalue weighted by Crippen LogP contribution is -2.46. The SMILES string of the molecule is COc1cc(Nc2nccc(Nc3cnc4c(c3)OC(CN(C)C)CO4)n2)ccc1OC1CC(N(C)C)C1. The van der Waals surface area contributed by atoms with E-state index in [9.17, 15) is 0 Å². The molecule has 3 aromatic rings. The molecule has 0 amide bonds. The second kappa shape index (κ2) is 11.3. The lowest BCUT2D eigenvalue weighted by atomic mass is 9.88. The van der Waals surface area contributed by atoms with E-state index in [4.69, 9.17) is 18.9 Å². The lowest BCUT2D eigenvalue weighted by Gasteiger charge is -2.39. The van der Waals surface area contributed by atoms with E-state index in [0.29, 0.717) is 41.8 Å². The number of anilines is 4. The van der Waals surface area contributed by atoms with E-state index in [-0.39, 0.29) is 12.2 Å². The van der Waals surface area contributed by atoms with E-state index in [1.165, 1.54) is 0 Å². The molecule has 1 aromatic carbocycles. The summed E-state index contributed by atoms with van der Waals surface area (Å²) in [6, 6.07) is 9.95. The topological polar surface area (TPSA) is 106 Å². The summed E-state index contributed by atoms with van der Waals surface area (Å²) >= 11 is 0. The van der Waals surface area contributed by atoms with Crippen LogP contribution in [0.5, 0.6) is 23.1 Å². The number of hydrogen-bond acceptors (Lipinski definition) is 11. The summed E-state index contributed by atoms with van der Waals surface area (Å²) in [5, 5.41) is 6.51. The third-order valence-corrected chi connectivity index (χ3v) is 6.53. The van der Waals surface area contributed by atoms with Crippen molar-refractivity contribution in [3.63, 3.8) is 0 Å². The standard InChI is InChI=1S/C27H35N7O4/c1-33(2)15-21-16-36-26-24(38-21)11-18(14-29-26)30-25-8-9-28-27(32-25)31-17-6-7-22(23(10-17)35-5)37-20-12-19(13-20)34(3)4/h6-11,14,19-21H,12-13,15-16H2,1-5H3,(H2,28,30,31,32). The normalized spacial score (nSPS) is 20.1. The molecule has 38 heavy (non-hydrogen) atoms. The fraction of sp³-hybridized carbons (Fsp3) is 0.444. The van der Waals surface area contributed by atoms with Crippen LogP contribution in [0.2, 0.25) is 0 Å². The van der Waals surface area contributed by atoms with Crippen LogP contribution in [0, 0.1) is 0 Å². The molecule has 0 radical (unpaired) electrons. The van der Waals surface area contributed by atoms with Crippen molar-refractivity contribution in [1.29, 1.82) is 0 Å². The zero-order valence-corrected chi connectivity index (χ0v) is 22.5. The highest BCUT2D eigenvalue weighted by molar-refractivity contribution is 5.63. The summed E-state index contributed by atoms with van der Waals surface area (Å²) in [5.41, 5.74) is 1.53. The minimum absolute atomic E-state index is 0.0538. The van der Waals surface area contributed by atoms with E-state index < -0.39 is 0 Å². The van der Waals surface area contributed by atoms with Crippen LogP contribution in [0.3, 0.4) is 0 Å². The van der Waals surface area contributed by atoms with Crippen LogP contribution in [0.4, 0.5) is 23.1 Å². The van der Waals surface area contributed by atoms with Crippen molar-refractivity contribution in [2.75, 3.05) is 59.1 Å². The van der Waals surface area contributed by atoms with Gasteiger partial charge in [0.2, 0.25) is 5.95 Å². The molecular weight excluding hydrogens is 486 g/mol. The quantitative estimate of drug-likeness (QED) is 0.409. The predicted octanol–water partition coefficient (Wildman–Crippen LogP) is 3.54. The zero-order chi connectivity index (χ0) is 26.6. The van der Waals surface area contributed by atoms with Crippen molar-refractivity contribution in [2.24, 2.45) is 0 Å². The van der Waals surface area contributed by atoms with Crippen molar-refractivity contribution in [2.45, 2.75) is 31.1 Å². The van der Waals surface area contributed by atoms with Crippen LogP contribution in [-0.2, 0) is 0 Å². The molecule has 0 bridgehead atoms. The number of methoxy groups -OCH3 is 1. The first-order valence-corrected chi connectivity index (χ1v) is 12.7. The fourth-order valence-electron chi connectivity index (χ4n) is 4.42. The summed E-state index contributed by atoms with van der Waals surface area (Å²) < 4.78 is 23.6. The number of nitrogens with zero attached hydrogens (tertiary/aromatic N) is 5. The monoisotopic (exact) mass is 521 g/mol. The Labute approximate surface area is 223 Å². The van der Waals surface area contributed by atoms with Crippen LogP contribution in [0.1, 0.15) is 12.8 Å². The molecule has 1 aliphatic carbocycles. The van der Waals surface area contributed by atoms with Crippen molar-refractivity contribution in [1.82, 2.24) is 24.8 Å². The van der Waals surface area contributed by atoms with E-state index in [2.05, 4.69) is 49.5 Å². The zero-order valence-electron chi connectivity index (χ0n) is 22.5. The van der Waals surface area contributed by atoms with Gasteiger partial charge in [0, 0.05) is 36.6 Å². The van der Waals surface area contributed by atoms with Gasteiger partial charge in [-0.15, -0.1) is 0 Å². The number of ether oxygens (including phenoxy) is 4. The van der Waals surface area contributed by atoms with Gasteiger partial charge in [0.05, 0.1) is 19.0 Å².